The van der Waals surface area contributed by atoms with Crippen LogP contribution in [-0.4, -0.2) is 23.4 Å². The Morgan fingerprint density at radius 2 is 2.21 bits per heavy atom. The van der Waals surface area contributed by atoms with Gasteiger partial charge in [0.05, 0.1) is 6.07 Å². The van der Waals surface area contributed by atoms with Crippen LogP contribution in [0.4, 0.5) is 0 Å². The van der Waals surface area contributed by atoms with Gasteiger partial charge in [0.15, 0.2) is 0 Å². The summed E-state index contributed by atoms with van der Waals surface area (Å²) in [6.45, 7) is 2.81. The predicted octanol–water partition coefficient (Wildman–Crippen LogP) is 2.83. The summed E-state index contributed by atoms with van der Waals surface area (Å²) in [5.74, 6) is 0.120. The molecule has 19 heavy (non-hydrogen) atoms. The lowest BCUT2D eigenvalue weighted by atomic mass is 10.0. The minimum Gasteiger partial charge on any atom is -0.327 e. The van der Waals surface area contributed by atoms with E-state index in [0.717, 1.165) is 32.2 Å². The zero-order valence-corrected chi connectivity index (χ0v) is 11.4. The van der Waals surface area contributed by atoms with Crippen LogP contribution in [0, 0.1) is 18.3 Å². The van der Waals surface area contributed by atoms with Crippen molar-refractivity contribution in [2.24, 2.45) is 0 Å². The maximum absolute atomic E-state index is 12.2. The summed E-state index contributed by atoms with van der Waals surface area (Å²) < 4.78 is 0. The number of hydrogen-bond donors (Lipinski definition) is 0. The van der Waals surface area contributed by atoms with Gasteiger partial charge in [0.1, 0.15) is 6.04 Å². The van der Waals surface area contributed by atoms with Gasteiger partial charge in [-0.1, -0.05) is 24.3 Å². The summed E-state index contributed by atoms with van der Waals surface area (Å²) in [4.78, 5) is 14.0. The van der Waals surface area contributed by atoms with Crippen LogP contribution in [0.15, 0.2) is 24.3 Å². The van der Waals surface area contributed by atoms with Crippen molar-refractivity contribution >= 4 is 5.91 Å². The number of carbonyl (C=O) groups excluding carboxylic acids is 1. The van der Waals surface area contributed by atoms with Crippen molar-refractivity contribution in [2.75, 3.05) is 6.54 Å². The molecular formula is C16H20N2O. The van der Waals surface area contributed by atoms with Gasteiger partial charge in [-0.25, -0.2) is 0 Å². The summed E-state index contributed by atoms with van der Waals surface area (Å²) in [6, 6.07) is 10.2. The number of benzene rings is 1. The fourth-order valence-corrected chi connectivity index (χ4v) is 2.64. The molecule has 0 spiro atoms. The molecule has 0 radical (unpaired) electrons. The van der Waals surface area contributed by atoms with E-state index in [1.165, 1.54) is 11.1 Å². The normalized spacial score (nSPS) is 18.9. The Morgan fingerprint density at radius 1 is 1.42 bits per heavy atom. The van der Waals surface area contributed by atoms with Crippen LogP contribution in [0.2, 0.25) is 0 Å². The lowest BCUT2D eigenvalue weighted by Crippen LogP contribution is -2.43. The van der Waals surface area contributed by atoms with Crippen molar-refractivity contribution in [1.29, 1.82) is 5.26 Å². The van der Waals surface area contributed by atoms with E-state index in [0.29, 0.717) is 6.42 Å². The maximum Gasteiger partial charge on any atom is 0.223 e. The first-order chi connectivity index (χ1) is 9.22. The van der Waals surface area contributed by atoms with Crippen LogP contribution in [0.25, 0.3) is 0 Å². The smallest absolute Gasteiger partial charge is 0.223 e. The van der Waals surface area contributed by atoms with Gasteiger partial charge in [-0.3, -0.25) is 4.79 Å². The van der Waals surface area contributed by atoms with Crippen molar-refractivity contribution in [1.82, 2.24) is 4.90 Å². The molecule has 1 saturated heterocycles. The molecule has 0 saturated carbocycles. The highest BCUT2D eigenvalue weighted by Gasteiger charge is 2.25. The third kappa shape index (κ3) is 3.35. The third-order valence-corrected chi connectivity index (χ3v) is 3.84. The molecule has 1 fully saturated rings. The van der Waals surface area contributed by atoms with Crippen molar-refractivity contribution in [3.8, 4) is 6.07 Å². The van der Waals surface area contributed by atoms with Gasteiger partial charge in [0.25, 0.3) is 0 Å². The highest BCUT2D eigenvalue weighted by Crippen LogP contribution is 2.18. The number of amides is 1. The molecule has 3 heteroatoms. The van der Waals surface area contributed by atoms with E-state index in [1.807, 2.05) is 12.1 Å². The van der Waals surface area contributed by atoms with Crippen molar-refractivity contribution in [3.63, 3.8) is 0 Å². The van der Waals surface area contributed by atoms with E-state index in [-0.39, 0.29) is 11.9 Å². The monoisotopic (exact) mass is 256 g/mol. The second-order valence-corrected chi connectivity index (χ2v) is 5.15. The van der Waals surface area contributed by atoms with Gasteiger partial charge >= 0.3 is 0 Å². The van der Waals surface area contributed by atoms with Crippen molar-refractivity contribution in [3.05, 3.63) is 35.4 Å². The van der Waals surface area contributed by atoms with Crippen LogP contribution < -0.4 is 0 Å². The second kappa shape index (κ2) is 6.38. The van der Waals surface area contributed by atoms with Gasteiger partial charge in [-0.05, 0) is 43.7 Å². The molecule has 2 rings (SSSR count). The molecule has 1 heterocycles. The van der Waals surface area contributed by atoms with E-state index in [1.54, 1.807) is 4.90 Å². The Morgan fingerprint density at radius 3 is 2.95 bits per heavy atom. The summed E-state index contributed by atoms with van der Waals surface area (Å²) in [5.41, 5.74) is 2.45. The Balaban J connectivity index is 1.94. The summed E-state index contributed by atoms with van der Waals surface area (Å²) in [6.07, 6.45) is 4.17. The SMILES string of the molecule is Cc1ccccc1CCC(=O)N1CCCCC1C#N. The average molecular weight is 256 g/mol. The van der Waals surface area contributed by atoms with Gasteiger partial charge < -0.3 is 4.90 Å². The third-order valence-electron chi connectivity index (χ3n) is 3.84. The highest BCUT2D eigenvalue weighted by molar-refractivity contribution is 5.77. The highest BCUT2D eigenvalue weighted by atomic mass is 16.2. The molecule has 0 aliphatic carbocycles. The molecule has 1 aliphatic rings. The average Bonchev–Trinajstić information content (AvgIpc) is 2.46. The fraction of sp³-hybridized carbons (Fsp3) is 0.500. The topological polar surface area (TPSA) is 44.1 Å². The van der Waals surface area contributed by atoms with Crippen LogP contribution in [-0.2, 0) is 11.2 Å². The molecule has 0 N–H and O–H groups in total. The minimum absolute atomic E-state index is 0.120. The van der Waals surface area contributed by atoms with Crippen LogP contribution >= 0.6 is 0 Å². The molecule has 1 amide bonds. The van der Waals surface area contributed by atoms with Crippen LogP contribution in [0.5, 0.6) is 0 Å². The molecule has 3 nitrogen and oxygen atoms in total. The van der Waals surface area contributed by atoms with Crippen LogP contribution in [0.1, 0.15) is 36.8 Å². The molecule has 1 aromatic carbocycles. The number of carbonyl (C=O) groups is 1. The van der Waals surface area contributed by atoms with Gasteiger partial charge in [-0.2, -0.15) is 5.26 Å². The van der Waals surface area contributed by atoms with Gasteiger partial charge in [0.2, 0.25) is 5.91 Å². The van der Waals surface area contributed by atoms with E-state index in [4.69, 9.17) is 5.26 Å². The first kappa shape index (κ1) is 13.6. The summed E-state index contributed by atoms with van der Waals surface area (Å²) in [5, 5.41) is 9.10. The van der Waals surface area contributed by atoms with Crippen molar-refractivity contribution < 1.29 is 4.79 Å². The molecule has 1 unspecified atom stereocenters. The number of piperidine rings is 1. The Hall–Kier alpha value is -1.82. The number of likely N-dealkylation sites (tertiary alicyclic amines) is 1. The Bertz CT molecular complexity index is 490. The Kier molecular flexibility index (Phi) is 4.57. The number of nitriles is 1. The number of aryl methyl sites for hydroxylation is 2. The quantitative estimate of drug-likeness (QED) is 0.834. The standard InChI is InChI=1S/C16H20N2O/c1-13-6-2-3-7-14(13)9-10-16(19)18-11-5-4-8-15(18)12-17/h2-3,6-7,15H,4-5,8-11H2,1H3. The zero-order valence-electron chi connectivity index (χ0n) is 11.4. The number of nitrogens with zero attached hydrogens (tertiary/aromatic N) is 2. The molecule has 1 aromatic rings. The fourth-order valence-electron chi connectivity index (χ4n) is 2.64. The molecule has 100 valence electrons. The minimum atomic E-state index is -0.210. The van der Waals surface area contributed by atoms with Gasteiger partial charge in [0, 0.05) is 13.0 Å². The first-order valence-electron chi connectivity index (χ1n) is 6.96. The van der Waals surface area contributed by atoms with E-state index >= 15 is 0 Å². The zero-order chi connectivity index (χ0) is 13.7. The maximum atomic E-state index is 12.2. The first-order valence-corrected chi connectivity index (χ1v) is 6.96. The van der Waals surface area contributed by atoms with Crippen molar-refractivity contribution in [2.45, 2.75) is 45.1 Å². The van der Waals surface area contributed by atoms with Crippen LogP contribution in [0.3, 0.4) is 0 Å². The van der Waals surface area contributed by atoms with E-state index in [2.05, 4.69) is 25.1 Å². The van der Waals surface area contributed by atoms with Gasteiger partial charge in [-0.15, -0.1) is 0 Å². The van der Waals surface area contributed by atoms with E-state index in [9.17, 15) is 4.79 Å². The lowest BCUT2D eigenvalue weighted by Gasteiger charge is -2.31. The molecule has 0 aromatic heterocycles. The Labute approximate surface area is 114 Å². The molecular weight excluding hydrogens is 236 g/mol. The summed E-state index contributed by atoms with van der Waals surface area (Å²) >= 11 is 0. The molecule has 1 aliphatic heterocycles. The predicted molar refractivity (Wildman–Crippen MR) is 74.5 cm³/mol. The van der Waals surface area contributed by atoms with E-state index < -0.39 is 0 Å². The largest absolute Gasteiger partial charge is 0.327 e. The number of rotatable bonds is 3. The molecule has 1 atom stereocenters. The lowest BCUT2D eigenvalue weighted by molar-refractivity contribution is -0.133. The molecule has 0 bridgehead atoms. The summed E-state index contributed by atoms with van der Waals surface area (Å²) in [7, 11) is 0. The number of hydrogen-bond acceptors (Lipinski definition) is 2. The second-order valence-electron chi connectivity index (χ2n) is 5.15.